The van der Waals surface area contributed by atoms with Crippen molar-refractivity contribution in [2.24, 2.45) is 0 Å². The lowest BCUT2D eigenvalue weighted by Crippen LogP contribution is -2.15. The second kappa shape index (κ2) is 6.08. The van der Waals surface area contributed by atoms with Gasteiger partial charge in [-0.05, 0) is 40.5 Å². The first kappa shape index (κ1) is 17.7. The molecule has 124 valence electrons. The largest absolute Gasteiger partial charge is 0.372 e. The van der Waals surface area contributed by atoms with Gasteiger partial charge in [-0.25, -0.2) is 13.2 Å². The van der Waals surface area contributed by atoms with Crippen LogP contribution in [-0.4, -0.2) is 8.42 Å². The van der Waals surface area contributed by atoms with Crippen LogP contribution < -0.4 is 4.18 Å². The lowest BCUT2D eigenvalue weighted by Gasteiger charge is -2.11. The van der Waals surface area contributed by atoms with Crippen LogP contribution in [0.5, 0.6) is 5.75 Å². The molecule has 0 N–H and O–H groups in total. The number of hydrogen-bond donors (Lipinski definition) is 0. The Morgan fingerprint density at radius 3 is 1.87 bits per heavy atom. The zero-order valence-electron chi connectivity index (χ0n) is 11.1. The molecule has 0 atom stereocenters. The smallest absolute Gasteiger partial charge is 0.340 e. The third kappa shape index (κ3) is 3.18. The summed E-state index contributed by atoms with van der Waals surface area (Å²) in [7, 11) is -4.83. The van der Waals surface area contributed by atoms with E-state index in [-0.39, 0.29) is 4.47 Å². The minimum atomic E-state index is -4.83. The highest BCUT2D eigenvalue weighted by atomic mass is 79.9. The molecular formula is C13H6BrF5O3S. The van der Waals surface area contributed by atoms with Crippen LogP contribution in [0.25, 0.3) is 0 Å². The van der Waals surface area contributed by atoms with Crippen LogP contribution in [0.1, 0.15) is 5.56 Å². The Hall–Kier alpha value is -1.68. The van der Waals surface area contributed by atoms with E-state index in [2.05, 4.69) is 20.1 Å². The molecule has 3 nitrogen and oxygen atoms in total. The van der Waals surface area contributed by atoms with Crippen LogP contribution in [0.2, 0.25) is 0 Å². The van der Waals surface area contributed by atoms with Gasteiger partial charge in [-0.15, -0.1) is 0 Å². The van der Waals surface area contributed by atoms with E-state index in [0.717, 1.165) is 6.07 Å². The zero-order chi connectivity index (χ0) is 17.5. The highest BCUT2D eigenvalue weighted by molar-refractivity contribution is 9.10. The molecule has 0 spiro atoms. The van der Waals surface area contributed by atoms with Crippen molar-refractivity contribution in [3.05, 3.63) is 57.3 Å². The average Bonchev–Trinajstić information content (AvgIpc) is 2.47. The number of halogens is 6. The Kier molecular flexibility index (Phi) is 4.67. The summed E-state index contributed by atoms with van der Waals surface area (Å²) in [5, 5.41) is 0. The summed E-state index contributed by atoms with van der Waals surface area (Å²) in [5.41, 5.74) is 0.659. The molecule has 0 heterocycles. The highest BCUT2D eigenvalue weighted by Gasteiger charge is 2.31. The van der Waals surface area contributed by atoms with E-state index in [1.807, 2.05) is 0 Å². The third-order valence-corrected chi connectivity index (χ3v) is 4.92. The molecule has 0 aliphatic heterocycles. The van der Waals surface area contributed by atoms with Crippen molar-refractivity contribution < 1.29 is 34.6 Å². The van der Waals surface area contributed by atoms with Crippen LogP contribution in [0.3, 0.4) is 0 Å². The van der Waals surface area contributed by atoms with Crippen molar-refractivity contribution in [1.82, 2.24) is 0 Å². The third-order valence-electron chi connectivity index (χ3n) is 2.72. The summed E-state index contributed by atoms with van der Waals surface area (Å²) < 4.78 is 94.2. The second-order valence-electron chi connectivity index (χ2n) is 4.37. The van der Waals surface area contributed by atoms with Crippen LogP contribution in [0.4, 0.5) is 22.0 Å². The molecule has 0 unspecified atom stereocenters. The summed E-state index contributed by atoms with van der Waals surface area (Å²) >= 11 is 2.92. The molecule has 0 aliphatic rings. The Bertz CT molecular complexity index is 870. The van der Waals surface area contributed by atoms with Gasteiger partial charge in [-0.1, -0.05) is 6.07 Å². The summed E-state index contributed by atoms with van der Waals surface area (Å²) in [5.74, 6) is -13.7. The minimum Gasteiger partial charge on any atom is -0.372 e. The van der Waals surface area contributed by atoms with Crippen molar-refractivity contribution in [1.29, 1.82) is 0 Å². The van der Waals surface area contributed by atoms with Crippen LogP contribution in [0.15, 0.2) is 27.6 Å². The molecule has 23 heavy (non-hydrogen) atoms. The second-order valence-corrected chi connectivity index (χ2v) is 6.74. The molecule has 0 saturated carbocycles. The van der Waals surface area contributed by atoms with Gasteiger partial charge < -0.3 is 4.18 Å². The fourth-order valence-electron chi connectivity index (χ4n) is 1.62. The Morgan fingerprint density at radius 2 is 1.39 bits per heavy atom. The standard InChI is InChI=1S/C13H6BrF5O3S/c1-5-2-3-7(6(14)4-5)23(20,21)22-13-11(18)9(16)8(15)10(17)12(13)19/h2-4H,1H3. The van der Waals surface area contributed by atoms with Crippen molar-refractivity contribution in [2.45, 2.75) is 11.8 Å². The number of aryl methyl sites for hydroxylation is 1. The van der Waals surface area contributed by atoms with Gasteiger partial charge in [0.25, 0.3) is 0 Å². The molecule has 0 bridgehead atoms. The molecule has 0 aromatic heterocycles. The van der Waals surface area contributed by atoms with Gasteiger partial charge in [0.15, 0.2) is 0 Å². The fourth-order valence-corrected chi connectivity index (χ4v) is 3.70. The number of hydrogen-bond acceptors (Lipinski definition) is 3. The monoisotopic (exact) mass is 416 g/mol. The molecule has 0 fully saturated rings. The molecule has 2 aromatic rings. The number of rotatable bonds is 3. The topological polar surface area (TPSA) is 43.4 Å². The van der Waals surface area contributed by atoms with Crippen molar-refractivity contribution in [3.63, 3.8) is 0 Å². The Labute approximate surface area is 135 Å². The predicted molar refractivity (Wildman–Crippen MR) is 72.9 cm³/mol. The fraction of sp³-hybridized carbons (Fsp3) is 0.0769. The van der Waals surface area contributed by atoms with Gasteiger partial charge in [-0.3, -0.25) is 0 Å². The number of benzene rings is 2. The lowest BCUT2D eigenvalue weighted by molar-refractivity contribution is 0.346. The van der Waals surface area contributed by atoms with Crippen molar-refractivity contribution in [3.8, 4) is 5.75 Å². The maximum Gasteiger partial charge on any atom is 0.340 e. The van der Waals surface area contributed by atoms with Gasteiger partial charge in [0.1, 0.15) is 4.90 Å². The first-order valence-corrected chi connectivity index (χ1v) is 7.98. The van der Waals surface area contributed by atoms with E-state index < -0.39 is 49.8 Å². The molecule has 2 aromatic carbocycles. The Balaban J connectivity index is 2.58. The van der Waals surface area contributed by atoms with Gasteiger partial charge in [0.2, 0.25) is 34.8 Å². The van der Waals surface area contributed by atoms with E-state index in [0.29, 0.717) is 5.56 Å². The molecule has 0 radical (unpaired) electrons. The van der Waals surface area contributed by atoms with E-state index in [1.165, 1.54) is 12.1 Å². The van der Waals surface area contributed by atoms with E-state index in [9.17, 15) is 30.4 Å². The first-order chi connectivity index (χ1) is 10.6. The molecule has 0 saturated heterocycles. The molecule has 10 heteroatoms. The average molecular weight is 417 g/mol. The van der Waals surface area contributed by atoms with Crippen LogP contribution >= 0.6 is 15.9 Å². The summed E-state index contributed by atoms with van der Waals surface area (Å²) in [4.78, 5) is -0.535. The minimum absolute atomic E-state index is 0.00127. The SMILES string of the molecule is Cc1ccc(S(=O)(=O)Oc2c(F)c(F)c(F)c(F)c2F)c(Br)c1. The summed E-state index contributed by atoms with van der Waals surface area (Å²) in [6, 6.07) is 3.79. The summed E-state index contributed by atoms with van der Waals surface area (Å²) in [6.07, 6.45) is 0. The summed E-state index contributed by atoms with van der Waals surface area (Å²) in [6.45, 7) is 1.64. The lowest BCUT2D eigenvalue weighted by atomic mass is 10.2. The maximum atomic E-state index is 13.5. The van der Waals surface area contributed by atoms with Gasteiger partial charge in [-0.2, -0.15) is 17.2 Å². The van der Waals surface area contributed by atoms with Gasteiger partial charge in [0.05, 0.1) is 0 Å². The molecule has 0 aliphatic carbocycles. The normalized spacial score (nSPS) is 11.6. The van der Waals surface area contributed by atoms with Gasteiger partial charge in [0, 0.05) is 4.47 Å². The zero-order valence-corrected chi connectivity index (χ0v) is 13.5. The van der Waals surface area contributed by atoms with Crippen molar-refractivity contribution >= 4 is 26.0 Å². The van der Waals surface area contributed by atoms with Gasteiger partial charge >= 0.3 is 10.1 Å². The van der Waals surface area contributed by atoms with E-state index in [1.54, 1.807) is 6.92 Å². The van der Waals surface area contributed by atoms with E-state index >= 15 is 0 Å². The Morgan fingerprint density at radius 1 is 0.913 bits per heavy atom. The van der Waals surface area contributed by atoms with Crippen LogP contribution in [0, 0.1) is 36.0 Å². The quantitative estimate of drug-likeness (QED) is 0.325. The predicted octanol–water partition coefficient (Wildman–Crippen LogP) is 4.22. The van der Waals surface area contributed by atoms with E-state index in [4.69, 9.17) is 0 Å². The molecule has 0 amide bonds. The van der Waals surface area contributed by atoms with Crippen LogP contribution in [-0.2, 0) is 10.1 Å². The molecular weight excluding hydrogens is 411 g/mol. The van der Waals surface area contributed by atoms with Crippen molar-refractivity contribution in [2.75, 3.05) is 0 Å². The molecule has 2 rings (SSSR count). The first-order valence-electron chi connectivity index (χ1n) is 5.78. The maximum absolute atomic E-state index is 13.5. The highest BCUT2D eigenvalue weighted by Crippen LogP contribution is 2.33.